The molecule has 3 heteroatoms. The van der Waals surface area contributed by atoms with E-state index in [-0.39, 0.29) is 0 Å². The van der Waals surface area contributed by atoms with Crippen LogP contribution in [0.15, 0.2) is 18.2 Å². The van der Waals surface area contributed by atoms with Gasteiger partial charge in [0.25, 0.3) is 0 Å². The van der Waals surface area contributed by atoms with Gasteiger partial charge in [0.05, 0.1) is 6.61 Å². The molecule has 2 N–H and O–H groups in total. The lowest BCUT2D eigenvalue weighted by Crippen LogP contribution is -2.34. The van der Waals surface area contributed by atoms with Crippen LogP contribution in [-0.2, 0) is 16.8 Å². The molecule has 0 saturated carbocycles. The summed E-state index contributed by atoms with van der Waals surface area (Å²) in [5.41, 5.74) is 7.63. The minimum absolute atomic E-state index is 0.448. The highest BCUT2D eigenvalue weighted by Gasteiger charge is 2.30. The molecule has 15 heavy (non-hydrogen) atoms. The third-order valence-corrected chi connectivity index (χ3v) is 3.12. The third-order valence-electron chi connectivity index (χ3n) is 3.12. The van der Waals surface area contributed by atoms with E-state index in [1.165, 1.54) is 5.56 Å². The smallest absolute Gasteiger partial charge is 0.128 e. The standard InChI is InChI=1S/C12H17NO2/c1-12(8-13,14-2)10-5-3-4-9-6-7-15-11(9)10/h3-5H,6-8,13H2,1-2H3. The number of ether oxygens (including phenoxy) is 2. The first kappa shape index (κ1) is 10.5. The Morgan fingerprint density at radius 3 is 3.00 bits per heavy atom. The Bertz CT molecular complexity index is 359. The summed E-state index contributed by atoms with van der Waals surface area (Å²) in [7, 11) is 1.68. The monoisotopic (exact) mass is 207 g/mol. The van der Waals surface area contributed by atoms with Crippen LogP contribution in [0.5, 0.6) is 5.75 Å². The van der Waals surface area contributed by atoms with Crippen molar-refractivity contribution in [3.63, 3.8) is 0 Å². The molecule has 0 aliphatic carbocycles. The van der Waals surface area contributed by atoms with Crippen molar-refractivity contribution in [2.45, 2.75) is 18.9 Å². The number of methoxy groups -OCH3 is 1. The van der Waals surface area contributed by atoms with Gasteiger partial charge in [0, 0.05) is 25.6 Å². The van der Waals surface area contributed by atoms with Crippen LogP contribution in [0.4, 0.5) is 0 Å². The van der Waals surface area contributed by atoms with E-state index in [1.54, 1.807) is 7.11 Å². The number of nitrogens with two attached hydrogens (primary N) is 1. The van der Waals surface area contributed by atoms with E-state index in [4.69, 9.17) is 15.2 Å². The molecule has 0 saturated heterocycles. The van der Waals surface area contributed by atoms with Gasteiger partial charge in [-0.05, 0) is 12.5 Å². The molecule has 0 radical (unpaired) electrons. The lowest BCUT2D eigenvalue weighted by atomic mass is 9.93. The van der Waals surface area contributed by atoms with Gasteiger partial charge < -0.3 is 15.2 Å². The van der Waals surface area contributed by atoms with Crippen molar-refractivity contribution in [1.29, 1.82) is 0 Å². The number of para-hydroxylation sites is 1. The molecule has 0 aromatic heterocycles. The SMILES string of the molecule is COC(C)(CN)c1cccc2c1OCC2. The molecule has 1 unspecified atom stereocenters. The summed E-state index contributed by atoms with van der Waals surface area (Å²) >= 11 is 0. The average molecular weight is 207 g/mol. The molecule has 1 heterocycles. The van der Waals surface area contributed by atoms with Gasteiger partial charge in [0.15, 0.2) is 0 Å². The summed E-state index contributed by atoms with van der Waals surface area (Å²) in [6.07, 6.45) is 0.980. The fourth-order valence-corrected chi connectivity index (χ4v) is 1.93. The van der Waals surface area contributed by atoms with E-state index in [1.807, 2.05) is 19.1 Å². The molecule has 3 nitrogen and oxygen atoms in total. The van der Waals surface area contributed by atoms with E-state index in [9.17, 15) is 0 Å². The fourth-order valence-electron chi connectivity index (χ4n) is 1.93. The van der Waals surface area contributed by atoms with Gasteiger partial charge in [-0.15, -0.1) is 0 Å². The summed E-state index contributed by atoms with van der Waals surface area (Å²) < 4.78 is 11.1. The predicted molar refractivity (Wildman–Crippen MR) is 59.1 cm³/mol. The van der Waals surface area contributed by atoms with Crippen LogP contribution in [0, 0.1) is 0 Å². The van der Waals surface area contributed by atoms with Crippen LogP contribution >= 0.6 is 0 Å². The second kappa shape index (κ2) is 3.83. The lowest BCUT2D eigenvalue weighted by molar-refractivity contribution is 0.00819. The molecule has 0 fully saturated rings. The molecular weight excluding hydrogens is 190 g/mol. The van der Waals surface area contributed by atoms with E-state index >= 15 is 0 Å². The maximum absolute atomic E-state index is 5.76. The molecule has 0 bridgehead atoms. The topological polar surface area (TPSA) is 44.5 Å². The number of fused-ring (bicyclic) bond motifs is 1. The summed E-state index contributed by atoms with van der Waals surface area (Å²) in [4.78, 5) is 0. The number of hydrogen-bond acceptors (Lipinski definition) is 3. The first-order chi connectivity index (χ1) is 7.21. The Kier molecular flexibility index (Phi) is 2.67. The largest absolute Gasteiger partial charge is 0.493 e. The Labute approximate surface area is 90.2 Å². The third kappa shape index (κ3) is 1.62. The minimum Gasteiger partial charge on any atom is -0.493 e. The van der Waals surface area contributed by atoms with Gasteiger partial charge >= 0.3 is 0 Å². The van der Waals surface area contributed by atoms with Crippen molar-refractivity contribution in [3.8, 4) is 5.75 Å². The van der Waals surface area contributed by atoms with Crippen molar-refractivity contribution in [2.75, 3.05) is 20.3 Å². The number of hydrogen-bond donors (Lipinski definition) is 1. The van der Waals surface area contributed by atoms with Gasteiger partial charge in [-0.2, -0.15) is 0 Å². The molecule has 1 atom stereocenters. The lowest BCUT2D eigenvalue weighted by Gasteiger charge is -2.28. The first-order valence-electron chi connectivity index (χ1n) is 5.21. The van der Waals surface area contributed by atoms with Crippen LogP contribution in [0.1, 0.15) is 18.1 Å². The maximum atomic E-state index is 5.76. The molecule has 0 spiro atoms. The summed E-state index contributed by atoms with van der Waals surface area (Å²) in [6.45, 7) is 3.20. The summed E-state index contributed by atoms with van der Waals surface area (Å²) in [5.74, 6) is 0.965. The van der Waals surface area contributed by atoms with Gasteiger partial charge in [0.1, 0.15) is 11.4 Å². The van der Waals surface area contributed by atoms with Crippen molar-refractivity contribution in [3.05, 3.63) is 29.3 Å². The van der Waals surface area contributed by atoms with E-state index in [0.29, 0.717) is 6.54 Å². The van der Waals surface area contributed by atoms with Crippen molar-refractivity contribution in [1.82, 2.24) is 0 Å². The van der Waals surface area contributed by atoms with Crippen LogP contribution in [0.2, 0.25) is 0 Å². The zero-order valence-corrected chi connectivity index (χ0v) is 9.25. The predicted octanol–water partition coefficient (Wildman–Crippen LogP) is 1.44. The molecule has 1 aromatic carbocycles. The quantitative estimate of drug-likeness (QED) is 0.815. The zero-order chi connectivity index (χ0) is 10.9. The number of rotatable bonds is 3. The molecule has 0 amide bonds. The van der Waals surface area contributed by atoms with Crippen LogP contribution in [0.25, 0.3) is 0 Å². The molecule has 2 rings (SSSR count). The highest BCUT2D eigenvalue weighted by molar-refractivity contribution is 5.47. The Hall–Kier alpha value is -1.06. The van der Waals surface area contributed by atoms with Crippen LogP contribution < -0.4 is 10.5 Å². The van der Waals surface area contributed by atoms with Gasteiger partial charge in [0.2, 0.25) is 0 Å². The fraction of sp³-hybridized carbons (Fsp3) is 0.500. The Balaban J connectivity index is 2.48. The Morgan fingerprint density at radius 2 is 2.33 bits per heavy atom. The van der Waals surface area contributed by atoms with Crippen molar-refractivity contribution >= 4 is 0 Å². The highest BCUT2D eigenvalue weighted by atomic mass is 16.5. The van der Waals surface area contributed by atoms with Crippen molar-refractivity contribution in [2.24, 2.45) is 5.73 Å². The van der Waals surface area contributed by atoms with Gasteiger partial charge in [-0.25, -0.2) is 0 Å². The van der Waals surface area contributed by atoms with Gasteiger partial charge in [-0.3, -0.25) is 0 Å². The first-order valence-corrected chi connectivity index (χ1v) is 5.21. The minimum atomic E-state index is -0.449. The average Bonchev–Trinajstić information content (AvgIpc) is 2.75. The van der Waals surface area contributed by atoms with Gasteiger partial charge in [-0.1, -0.05) is 18.2 Å². The Morgan fingerprint density at radius 1 is 1.53 bits per heavy atom. The van der Waals surface area contributed by atoms with E-state index in [2.05, 4.69) is 6.07 Å². The molecule has 1 aliphatic rings. The van der Waals surface area contributed by atoms with E-state index < -0.39 is 5.60 Å². The normalized spacial score (nSPS) is 18.1. The second-order valence-corrected chi connectivity index (χ2v) is 4.03. The second-order valence-electron chi connectivity index (χ2n) is 4.03. The molecular formula is C12H17NO2. The number of benzene rings is 1. The van der Waals surface area contributed by atoms with Crippen molar-refractivity contribution < 1.29 is 9.47 Å². The summed E-state index contributed by atoms with van der Waals surface area (Å²) in [5, 5.41) is 0. The highest BCUT2D eigenvalue weighted by Crippen LogP contribution is 2.37. The zero-order valence-electron chi connectivity index (χ0n) is 9.25. The maximum Gasteiger partial charge on any atom is 0.128 e. The molecule has 1 aromatic rings. The molecule has 1 aliphatic heterocycles. The van der Waals surface area contributed by atoms with Crippen LogP contribution in [0.3, 0.4) is 0 Å². The van der Waals surface area contributed by atoms with Crippen LogP contribution in [-0.4, -0.2) is 20.3 Å². The molecule has 82 valence electrons. The van der Waals surface area contributed by atoms with E-state index in [0.717, 1.165) is 24.3 Å². The summed E-state index contributed by atoms with van der Waals surface area (Å²) in [6, 6.07) is 6.16.